The molecule has 0 saturated heterocycles. The van der Waals surface area contributed by atoms with Crippen LogP contribution in [0.25, 0.3) is 0 Å². The fourth-order valence-electron chi connectivity index (χ4n) is 3.40. The second kappa shape index (κ2) is 10.7. The van der Waals surface area contributed by atoms with E-state index in [2.05, 4.69) is 26.2 Å². The highest BCUT2D eigenvalue weighted by molar-refractivity contribution is 9.10. The normalized spacial score (nSPS) is 20.2. The van der Waals surface area contributed by atoms with Crippen LogP contribution in [0.1, 0.15) is 55.1 Å². The molecular weight excluding hydrogens is 384 g/mol. The lowest BCUT2D eigenvalue weighted by Gasteiger charge is -2.28. The van der Waals surface area contributed by atoms with Crippen molar-refractivity contribution >= 4 is 28.2 Å². The minimum absolute atomic E-state index is 0.0583. The number of rotatable bonds is 9. The first-order valence-corrected chi connectivity index (χ1v) is 9.87. The first-order chi connectivity index (χ1) is 12.1. The zero-order valence-corrected chi connectivity index (χ0v) is 16.4. The minimum atomic E-state index is -0.0583. The zero-order chi connectivity index (χ0) is 18.1. The number of ether oxygens (including phenoxy) is 1. The third-order valence-corrected chi connectivity index (χ3v) is 5.23. The van der Waals surface area contributed by atoms with E-state index in [1.807, 2.05) is 6.92 Å². The molecular formula is C19H27BrN2O3. The van der Waals surface area contributed by atoms with Gasteiger partial charge in [-0.3, -0.25) is 14.6 Å². The van der Waals surface area contributed by atoms with Crippen molar-refractivity contribution in [2.75, 3.05) is 19.7 Å². The molecule has 0 amide bonds. The summed E-state index contributed by atoms with van der Waals surface area (Å²) in [6.45, 7) is 4.12. The lowest BCUT2D eigenvalue weighted by molar-refractivity contribution is -0.144. The van der Waals surface area contributed by atoms with E-state index < -0.39 is 0 Å². The molecule has 1 N–H and O–H groups in total. The average Bonchev–Trinajstić information content (AvgIpc) is 2.61. The van der Waals surface area contributed by atoms with Crippen LogP contribution in [0.15, 0.2) is 16.7 Å². The molecule has 0 bridgehead atoms. The number of esters is 1. The lowest BCUT2D eigenvalue weighted by Crippen LogP contribution is -2.29. The van der Waals surface area contributed by atoms with Crippen molar-refractivity contribution in [2.45, 2.75) is 45.4 Å². The third kappa shape index (κ3) is 6.86. The Morgan fingerprint density at radius 1 is 1.36 bits per heavy atom. The Bertz CT molecular complexity index is 572. The van der Waals surface area contributed by atoms with E-state index in [9.17, 15) is 9.59 Å². The van der Waals surface area contributed by atoms with Gasteiger partial charge < -0.3 is 10.1 Å². The molecule has 1 aliphatic rings. The molecule has 1 aromatic heterocycles. The van der Waals surface area contributed by atoms with E-state index in [4.69, 9.17) is 4.74 Å². The van der Waals surface area contributed by atoms with Crippen molar-refractivity contribution in [1.29, 1.82) is 0 Å². The van der Waals surface area contributed by atoms with Crippen LogP contribution in [-0.2, 0) is 16.0 Å². The van der Waals surface area contributed by atoms with E-state index in [0.717, 1.165) is 61.6 Å². The quantitative estimate of drug-likeness (QED) is 0.383. The molecule has 25 heavy (non-hydrogen) atoms. The van der Waals surface area contributed by atoms with Crippen LogP contribution in [0.5, 0.6) is 0 Å². The second-order valence-corrected chi connectivity index (χ2v) is 7.57. The van der Waals surface area contributed by atoms with E-state index in [-0.39, 0.29) is 5.97 Å². The first kappa shape index (κ1) is 20.0. The highest BCUT2D eigenvalue weighted by atomic mass is 79.9. The number of nitrogens with zero attached hydrogens (tertiary/aromatic N) is 1. The van der Waals surface area contributed by atoms with Gasteiger partial charge in [-0.05, 0) is 73.0 Å². The van der Waals surface area contributed by atoms with Gasteiger partial charge in [-0.2, -0.15) is 0 Å². The Balaban J connectivity index is 1.64. The number of carbonyl (C=O) groups is 2. The third-order valence-electron chi connectivity index (χ3n) is 4.80. The molecule has 0 aromatic carbocycles. The number of halogens is 1. The van der Waals surface area contributed by atoms with Crippen molar-refractivity contribution in [1.82, 2.24) is 10.3 Å². The van der Waals surface area contributed by atoms with Gasteiger partial charge in [-0.1, -0.05) is 0 Å². The van der Waals surface area contributed by atoms with E-state index in [1.54, 1.807) is 12.3 Å². The van der Waals surface area contributed by atoms with E-state index in [1.165, 1.54) is 0 Å². The number of aldehydes is 1. The van der Waals surface area contributed by atoms with Crippen molar-refractivity contribution in [3.05, 3.63) is 28.0 Å². The molecule has 5 nitrogen and oxygen atoms in total. The molecule has 0 radical (unpaired) electrons. The highest BCUT2D eigenvalue weighted by Gasteiger charge is 2.23. The predicted molar refractivity (Wildman–Crippen MR) is 101 cm³/mol. The molecule has 1 fully saturated rings. The molecule has 1 heterocycles. The summed E-state index contributed by atoms with van der Waals surface area (Å²) in [7, 11) is 0. The van der Waals surface area contributed by atoms with Gasteiger partial charge in [0, 0.05) is 35.6 Å². The van der Waals surface area contributed by atoms with Crippen LogP contribution in [0.2, 0.25) is 0 Å². The fraction of sp³-hybridized carbons (Fsp3) is 0.632. The van der Waals surface area contributed by atoms with Crippen LogP contribution in [0.3, 0.4) is 0 Å². The first-order valence-electron chi connectivity index (χ1n) is 9.08. The number of carbonyl (C=O) groups excluding carboxylic acids is 2. The smallest absolute Gasteiger partial charge is 0.306 e. The van der Waals surface area contributed by atoms with Gasteiger partial charge in [0.25, 0.3) is 0 Å². The molecule has 0 aliphatic heterocycles. The van der Waals surface area contributed by atoms with Crippen molar-refractivity contribution in [2.24, 2.45) is 11.8 Å². The zero-order valence-electron chi connectivity index (χ0n) is 14.8. The summed E-state index contributed by atoms with van der Waals surface area (Å²) < 4.78 is 5.86. The number of hydrogen-bond acceptors (Lipinski definition) is 5. The number of hydrogen-bond donors (Lipinski definition) is 1. The summed E-state index contributed by atoms with van der Waals surface area (Å²) >= 11 is 3.33. The largest absolute Gasteiger partial charge is 0.466 e. The van der Waals surface area contributed by atoms with Crippen LogP contribution >= 0.6 is 15.9 Å². The Morgan fingerprint density at radius 3 is 2.76 bits per heavy atom. The molecule has 0 unspecified atom stereocenters. The van der Waals surface area contributed by atoms with Crippen LogP contribution < -0.4 is 5.32 Å². The molecule has 6 heteroatoms. The molecule has 0 spiro atoms. The Kier molecular flexibility index (Phi) is 8.55. The number of nitrogens with one attached hydrogen (secondary N) is 1. The standard InChI is InChI=1S/C19H27BrN2O3/c1-2-25-19(24)9-14-3-5-15(6-4-14)11-21-8-7-18-16(13-23)10-17(20)12-22-18/h10,12-15,21H,2-9,11H2,1H3. The summed E-state index contributed by atoms with van der Waals surface area (Å²) in [5.41, 5.74) is 1.49. The molecule has 1 aromatic rings. The van der Waals surface area contributed by atoms with Crippen molar-refractivity contribution in [3.8, 4) is 0 Å². The highest BCUT2D eigenvalue weighted by Crippen LogP contribution is 2.30. The monoisotopic (exact) mass is 410 g/mol. The Hall–Kier alpha value is -1.27. The maximum absolute atomic E-state index is 11.5. The maximum Gasteiger partial charge on any atom is 0.306 e. The second-order valence-electron chi connectivity index (χ2n) is 6.66. The summed E-state index contributed by atoms with van der Waals surface area (Å²) in [6.07, 6.45) is 8.44. The van der Waals surface area contributed by atoms with Gasteiger partial charge >= 0.3 is 5.97 Å². The van der Waals surface area contributed by atoms with Crippen molar-refractivity contribution in [3.63, 3.8) is 0 Å². The molecule has 1 aliphatic carbocycles. The topological polar surface area (TPSA) is 68.3 Å². The summed E-state index contributed by atoms with van der Waals surface area (Å²) in [4.78, 5) is 27.0. The predicted octanol–water partition coefficient (Wildman–Crippen LogP) is 3.55. The van der Waals surface area contributed by atoms with E-state index in [0.29, 0.717) is 30.4 Å². The van der Waals surface area contributed by atoms with Gasteiger partial charge in [0.15, 0.2) is 6.29 Å². The molecule has 1 saturated carbocycles. The Morgan fingerprint density at radius 2 is 2.08 bits per heavy atom. The van der Waals surface area contributed by atoms with Gasteiger partial charge in [-0.15, -0.1) is 0 Å². The van der Waals surface area contributed by atoms with Crippen LogP contribution in [-0.4, -0.2) is 36.9 Å². The lowest BCUT2D eigenvalue weighted by atomic mass is 9.80. The average molecular weight is 411 g/mol. The summed E-state index contributed by atoms with van der Waals surface area (Å²) in [6, 6.07) is 1.81. The number of pyridine rings is 1. The van der Waals surface area contributed by atoms with Gasteiger partial charge in [0.2, 0.25) is 0 Å². The minimum Gasteiger partial charge on any atom is -0.466 e. The maximum atomic E-state index is 11.5. The van der Waals surface area contributed by atoms with E-state index >= 15 is 0 Å². The summed E-state index contributed by atoms with van der Waals surface area (Å²) in [5, 5.41) is 3.49. The molecule has 0 atom stereocenters. The van der Waals surface area contributed by atoms with Gasteiger partial charge in [0.05, 0.1) is 12.3 Å². The van der Waals surface area contributed by atoms with Crippen LogP contribution in [0.4, 0.5) is 0 Å². The fourth-order valence-corrected chi connectivity index (χ4v) is 3.75. The number of aromatic nitrogens is 1. The van der Waals surface area contributed by atoms with Gasteiger partial charge in [0.1, 0.15) is 0 Å². The SMILES string of the molecule is CCOC(=O)CC1CCC(CNCCc2ncc(Br)cc2C=O)CC1. The Labute approximate surface area is 158 Å². The van der Waals surface area contributed by atoms with Crippen molar-refractivity contribution < 1.29 is 14.3 Å². The van der Waals surface area contributed by atoms with Gasteiger partial charge in [-0.25, -0.2) is 0 Å². The molecule has 138 valence electrons. The van der Waals surface area contributed by atoms with Crippen LogP contribution in [0, 0.1) is 11.8 Å². The summed E-state index contributed by atoms with van der Waals surface area (Å²) in [5.74, 6) is 1.09. The molecule has 2 rings (SSSR count).